The number of fused-ring (bicyclic) bond motifs is 3. The Morgan fingerprint density at radius 3 is 2.29 bits per heavy atom. The van der Waals surface area contributed by atoms with Crippen LogP contribution in [0.1, 0.15) is 0 Å². The quantitative estimate of drug-likeness (QED) is 0.296. The number of H-pyrrole nitrogens is 1. The molecule has 2 heterocycles. The summed E-state index contributed by atoms with van der Waals surface area (Å²) < 4.78 is 2.57. The molecule has 148 valence electrons. The van der Waals surface area contributed by atoms with Crippen LogP contribution in [0.4, 0.5) is 0 Å². The van der Waals surface area contributed by atoms with Crippen LogP contribution in [0.5, 0.6) is 0 Å². The highest BCUT2D eigenvalue weighted by molar-refractivity contribution is 7.25. The molecule has 0 aliphatic heterocycles. The van der Waals surface area contributed by atoms with Gasteiger partial charge in [-0.15, -0.1) is 11.3 Å². The van der Waals surface area contributed by atoms with E-state index in [0.29, 0.717) is 5.02 Å². The Bertz CT molecular complexity index is 1550. The average molecular weight is 437 g/mol. The van der Waals surface area contributed by atoms with Crippen molar-refractivity contribution in [3.05, 3.63) is 102 Å². The van der Waals surface area contributed by atoms with Crippen LogP contribution in [0, 0.1) is 0 Å². The Labute approximate surface area is 188 Å². The van der Waals surface area contributed by atoms with E-state index in [1.54, 1.807) is 0 Å². The molecular weight excluding hydrogens is 420 g/mol. The van der Waals surface area contributed by atoms with Crippen LogP contribution in [-0.4, -0.2) is 9.97 Å². The maximum Gasteiger partial charge on any atom is 0.138 e. The smallest absolute Gasteiger partial charge is 0.138 e. The number of benzene rings is 4. The Kier molecular flexibility index (Phi) is 4.37. The lowest BCUT2D eigenvalue weighted by Gasteiger charge is -2.03. The minimum atomic E-state index is 0.698. The van der Waals surface area contributed by atoms with Crippen molar-refractivity contribution >= 4 is 43.1 Å². The molecule has 31 heavy (non-hydrogen) atoms. The SMILES string of the molecule is Clc1cccc(-c2nc(-c3ccc4c(c3)sc3ccccc34)c(-c3ccccc3)[nH]2)c1. The predicted molar refractivity (Wildman–Crippen MR) is 133 cm³/mol. The second-order valence-corrected chi connectivity index (χ2v) is 9.01. The number of nitrogens with zero attached hydrogens (tertiary/aromatic N) is 1. The highest BCUT2D eigenvalue weighted by Crippen LogP contribution is 2.39. The number of imidazole rings is 1. The third-order valence-electron chi connectivity index (χ3n) is 5.52. The lowest BCUT2D eigenvalue weighted by molar-refractivity contribution is 1.31. The monoisotopic (exact) mass is 436 g/mol. The first-order chi connectivity index (χ1) is 15.3. The van der Waals surface area contributed by atoms with Crippen LogP contribution in [0.25, 0.3) is 54.1 Å². The molecule has 0 fully saturated rings. The highest BCUT2D eigenvalue weighted by atomic mass is 35.5. The molecule has 0 amide bonds. The fourth-order valence-electron chi connectivity index (χ4n) is 4.04. The molecule has 0 bridgehead atoms. The van der Waals surface area contributed by atoms with Crippen molar-refractivity contribution in [1.82, 2.24) is 9.97 Å². The van der Waals surface area contributed by atoms with Crippen molar-refractivity contribution in [2.75, 3.05) is 0 Å². The molecule has 0 unspecified atom stereocenters. The van der Waals surface area contributed by atoms with Gasteiger partial charge in [-0.05, 0) is 24.3 Å². The first kappa shape index (κ1) is 18.4. The number of halogens is 1. The zero-order chi connectivity index (χ0) is 20.8. The minimum Gasteiger partial charge on any atom is -0.337 e. The van der Waals surface area contributed by atoms with Crippen LogP contribution in [0.2, 0.25) is 5.02 Å². The van der Waals surface area contributed by atoms with Gasteiger partial charge < -0.3 is 4.98 Å². The van der Waals surface area contributed by atoms with E-state index in [2.05, 4.69) is 59.6 Å². The van der Waals surface area contributed by atoms with Gasteiger partial charge in [0, 0.05) is 41.9 Å². The van der Waals surface area contributed by atoms with Gasteiger partial charge in [-0.1, -0.05) is 84.4 Å². The number of aromatic nitrogens is 2. The Morgan fingerprint density at radius 1 is 0.645 bits per heavy atom. The summed E-state index contributed by atoms with van der Waals surface area (Å²) in [6.07, 6.45) is 0. The van der Waals surface area contributed by atoms with Gasteiger partial charge in [0.05, 0.1) is 11.4 Å². The molecule has 0 aliphatic rings. The highest BCUT2D eigenvalue weighted by Gasteiger charge is 2.16. The summed E-state index contributed by atoms with van der Waals surface area (Å²) in [4.78, 5) is 8.57. The molecule has 0 saturated carbocycles. The zero-order valence-corrected chi connectivity index (χ0v) is 18.0. The summed E-state index contributed by atoms with van der Waals surface area (Å²) in [6.45, 7) is 0. The number of aromatic amines is 1. The average Bonchev–Trinajstić information content (AvgIpc) is 3.41. The molecule has 0 spiro atoms. The Balaban J connectivity index is 1.57. The molecule has 2 nitrogen and oxygen atoms in total. The van der Waals surface area contributed by atoms with Gasteiger partial charge in [0.25, 0.3) is 0 Å². The van der Waals surface area contributed by atoms with Gasteiger partial charge in [-0.2, -0.15) is 0 Å². The molecule has 0 radical (unpaired) electrons. The number of nitrogens with one attached hydrogen (secondary N) is 1. The van der Waals surface area contributed by atoms with Crippen molar-refractivity contribution in [2.24, 2.45) is 0 Å². The summed E-state index contributed by atoms with van der Waals surface area (Å²) in [7, 11) is 0. The van der Waals surface area contributed by atoms with Crippen molar-refractivity contribution < 1.29 is 0 Å². The molecule has 2 aromatic heterocycles. The van der Waals surface area contributed by atoms with E-state index < -0.39 is 0 Å². The fraction of sp³-hybridized carbons (Fsp3) is 0. The Morgan fingerprint density at radius 2 is 1.42 bits per heavy atom. The number of hydrogen-bond donors (Lipinski definition) is 1. The van der Waals surface area contributed by atoms with E-state index in [9.17, 15) is 0 Å². The third-order valence-corrected chi connectivity index (χ3v) is 6.89. The van der Waals surface area contributed by atoms with Crippen LogP contribution in [0.3, 0.4) is 0 Å². The number of hydrogen-bond acceptors (Lipinski definition) is 2. The predicted octanol–water partition coefficient (Wildman–Crippen LogP) is 8.43. The molecular formula is C27H17ClN2S. The van der Waals surface area contributed by atoms with E-state index in [1.165, 1.54) is 20.2 Å². The second kappa shape index (κ2) is 7.38. The van der Waals surface area contributed by atoms with Crippen molar-refractivity contribution in [1.29, 1.82) is 0 Å². The lowest BCUT2D eigenvalue weighted by Crippen LogP contribution is -1.83. The van der Waals surface area contributed by atoms with E-state index in [-0.39, 0.29) is 0 Å². The van der Waals surface area contributed by atoms with E-state index in [4.69, 9.17) is 16.6 Å². The summed E-state index contributed by atoms with van der Waals surface area (Å²) in [5.74, 6) is 0.813. The summed E-state index contributed by atoms with van der Waals surface area (Å²) >= 11 is 8.06. The first-order valence-corrected chi connectivity index (χ1v) is 11.3. The minimum absolute atomic E-state index is 0.698. The molecule has 0 saturated heterocycles. The molecule has 6 rings (SSSR count). The Hall–Kier alpha value is -3.40. The first-order valence-electron chi connectivity index (χ1n) is 10.1. The van der Waals surface area contributed by atoms with Crippen molar-refractivity contribution in [3.8, 4) is 33.9 Å². The molecule has 4 aromatic carbocycles. The zero-order valence-electron chi connectivity index (χ0n) is 16.5. The van der Waals surface area contributed by atoms with Crippen molar-refractivity contribution in [2.45, 2.75) is 0 Å². The summed E-state index contributed by atoms with van der Waals surface area (Å²) in [5, 5.41) is 3.29. The van der Waals surface area contributed by atoms with Gasteiger partial charge in [0.15, 0.2) is 0 Å². The van der Waals surface area contributed by atoms with E-state index in [1.807, 2.05) is 53.8 Å². The normalized spacial score (nSPS) is 11.4. The fourth-order valence-corrected chi connectivity index (χ4v) is 5.38. The van der Waals surface area contributed by atoms with Gasteiger partial charge in [-0.3, -0.25) is 0 Å². The van der Waals surface area contributed by atoms with Crippen LogP contribution in [0.15, 0.2) is 97.1 Å². The van der Waals surface area contributed by atoms with Gasteiger partial charge in [0.1, 0.15) is 5.82 Å². The molecule has 4 heteroatoms. The van der Waals surface area contributed by atoms with Crippen LogP contribution >= 0.6 is 22.9 Å². The van der Waals surface area contributed by atoms with E-state index >= 15 is 0 Å². The summed E-state index contributed by atoms with van der Waals surface area (Å²) in [5.41, 5.74) is 5.13. The number of thiophene rings is 1. The van der Waals surface area contributed by atoms with Crippen LogP contribution in [-0.2, 0) is 0 Å². The molecule has 0 atom stereocenters. The van der Waals surface area contributed by atoms with Gasteiger partial charge in [0.2, 0.25) is 0 Å². The molecule has 1 N–H and O–H groups in total. The number of rotatable bonds is 3. The largest absolute Gasteiger partial charge is 0.337 e. The van der Waals surface area contributed by atoms with Gasteiger partial charge in [-0.25, -0.2) is 4.98 Å². The van der Waals surface area contributed by atoms with Crippen molar-refractivity contribution in [3.63, 3.8) is 0 Å². The van der Waals surface area contributed by atoms with Crippen LogP contribution < -0.4 is 0 Å². The standard InChI is InChI=1S/C27H17ClN2S/c28-20-10-6-9-19(15-20)27-29-25(17-7-2-1-3-8-17)26(30-27)18-13-14-22-21-11-4-5-12-23(21)31-24(22)16-18/h1-16H,(H,29,30). The summed E-state index contributed by atoms with van der Waals surface area (Å²) in [6, 6.07) is 33.3. The lowest BCUT2D eigenvalue weighted by atomic mass is 10.0. The van der Waals surface area contributed by atoms with E-state index in [0.717, 1.165) is 33.9 Å². The third kappa shape index (κ3) is 3.23. The maximum absolute atomic E-state index is 6.24. The van der Waals surface area contributed by atoms with Gasteiger partial charge >= 0.3 is 0 Å². The topological polar surface area (TPSA) is 28.7 Å². The second-order valence-electron chi connectivity index (χ2n) is 7.49. The molecule has 0 aliphatic carbocycles. The molecule has 6 aromatic rings. The maximum atomic E-state index is 6.24.